The number of halogens is 1. The van der Waals surface area contributed by atoms with E-state index in [-0.39, 0.29) is 18.4 Å². The average molecular weight is 483 g/mol. The SMILES string of the molecule is COc1ccc(Cn2nnnc2C(c2ccc(C)cc2)N2CCN(C3CCCC3)CC2)cc1.Cl. The molecule has 8 heteroatoms. The van der Waals surface area contributed by atoms with E-state index in [1.807, 2.05) is 16.8 Å². The van der Waals surface area contributed by atoms with Gasteiger partial charge in [0.15, 0.2) is 5.82 Å². The summed E-state index contributed by atoms with van der Waals surface area (Å²) >= 11 is 0. The van der Waals surface area contributed by atoms with E-state index in [1.165, 1.54) is 36.8 Å². The number of nitrogens with zero attached hydrogens (tertiary/aromatic N) is 6. The Morgan fingerprint density at radius 2 is 1.62 bits per heavy atom. The summed E-state index contributed by atoms with van der Waals surface area (Å²) in [5.74, 6) is 1.76. The second-order valence-corrected chi connectivity index (χ2v) is 9.37. The summed E-state index contributed by atoms with van der Waals surface area (Å²) in [5.41, 5.74) is 3.67. The predicted octanol–water partition coefficient (Wildman–Crippen LogP) is 4.11. The van der Waals surface area contributed by atoms with Gasteiger partial charge in [-0.1, -0.05) is 54.8 Å². The van der Waals surface area contributed by atoms with E-state index in [0.717, 1.165) is 49.4 Å². The lowest BCUT2D eigenvalue weighted by Gasteiger charge is -2.41. The Balaban J connectivity index is 0.00000274. The molecule has 1 atom stereocenters. The molecule has 0 N–H and O–H groups in total. The molecule has 34 heavy (non-hydrogen) atoms. The topological polar surface area (TPSA) is 59.3 Å². The molecule has 2 aromatic carbocycles. The van der Waals surface area contributed by atoms with Crippen LogP contribution in [0.3, 0.4) is 0 Å². The summed E-state index contributed by atoms with van der Waals surface area (Å²) in [6.07, 6.45) is 5.50. The smallest absolute Gasteiger partial charge is 0.173 e. The van der Waals surface area contributed by atoms with Gasteiger partial charge in [-0.15, -0.1) is 17.5 Å². The zero-order valence-electron chi connectivity index (χ0n) is 20.1. The lowest BCUT2D eigenvalue weighted by Crippen LogP contribution is -2.51. The van der Waals surface area contributed by atoms with E-state index in [9.17, 15) is 0 Å². The summed E-state index contributed by atoms with van der Waals surface area (Å²) in [6.45, 7) is 7.07. The van der Waals surface area contributed by atoms with Crippen LogP contribution in [0, 0.1) is 6.92 Å². The summed E-state index contributed by atoms with van der Waals surface area (Å²) < 4.78 is 7.25. The summed E-state index contributed by atoms with van der Waals surface area (Å²) in [7, 11) is 1.69. The second kappa shape index (κ2) is 11.3. The molecule has 1 aliphatic heterocycles. The van der Waals surface area contributed by atoms with E-state index in [0.29, 0.717) is 6.54 Å². The molecule has 0 spiro atoms. The number of rotatable bonds is 7. The van der Waals surface area contributed by atoms with Crippen LogP contribution >= 0.6 is 12.4 Å². The number of aromatic nitrogens is 4. The molecule has 1 saturated carbocycles. The van der Waals surface area contributed by atoms with Crippen molar-refractivity contribution in [2.24, 2.45) is 0 Å². The lowest BCUT2D eigenvalue weighted by atomic mass is 10.0. The van der Waals surface area contributed by atoms with Gasteiger partial charge in [0.2, 0.25) is 0 Å². The number of hydrogen-bond donors (Lipinski definition) is 0. The fourth-order valence-electron chi connectivity index (χ4n) is 5.33. The van der Waals surface area contributed by atoms with Crippen LogP contribution in [0.25, 0.3) is 0 Å². The molecule has 5 rings (SSSR count). The van der Waals surface area contributed by atoms with E-state index < -0.39 is 0 Å². The first kappa shape index (κ1) is 24.6. The van der Waals surface area contributed by atoms with Crippen molar-refractivity contribution < 1.29 is 4.74 Å². The Morgan fingerprint density at radius 3 is 2.26 bits per heavy atom. The van der Waals surface area contributed by atoms with E-state index >= 15 is 0 Å². The summed E-state index contributed by atoms with van der Waals surface area (Å²) in [5, 5.41) is 13.0. The minimum absolute atomic E-state index is 0. The predicted molar refractivity (Wildman–Crippen MR) is 136 cm³/mol. The van der Waals surface area contributed by atoms with Crippen LogP contribution < -0.4 is 4.74 Å². The summed E-state index contributed by atoms with van der Waals surface area (Å²) in [4.78, 5) is 5.27. The van der Waals surface area contributed by atoms with Gasteiger partial charge in [-0.3, -0.25) is 9.80 Å². The number of methoxy groups -OCH3 is 1. The number of piperazine rings is 1. The van der Waals surface area contributed by atoms with Gasteiger partial charge in [0.1, 0.15) is 5.75 Å². The molecule has 7 nitrogen and oxygen atoms in total. The first-order valence-corrected chi connectivity index (χ1v) is 12.1. The molecule has 0 radical (unpaired) electrons. The molecule has 1 aromatic heterocycles. The van der Waals surface area contributed by atoms with Gasteiger partial charge < -0.3 is 4.74 Å². The monoisotopic (exact) mass is 482 g/mol. The largest absolute Gasteiger partial charge is 0.497 e. The standard InChI is InChI=1S/C26H34N6O.ClH/c1-20-7-11-22(12-8-20)25(31-17-15-30(16-18-31)23-5-3-4-6-23)26-27-28-29-32(26)19-21-9-13-24(33-2)14-10-21;/h7-14,23,25H,3-6,15-19H2,1-2H3;1H. The van der Waals surface area contributed by atoms with Crippen molar-refractivity contribution in [1.29, 1.82) is 0 Å². The van der Waals surface area contributed by atoms with Crippen molar-refractivity contribution >= 4 is 12.4 Å². The van der Waals surface area contributed by atoms with Crippen molar-refractivity contribution in [3.8, 4) is 5.75 Å². The third kappa shape index (κ3) is 5.43. The van der Waals surface area contributed by atoms with Crippen molar-refractivity contribution in [2.75, 3.05) is 33.3 Å². The van der Waals surface area contributed by atoms with Gasteiger partial charge in [0.25, 0.3) is 0 Å². The maximum Gasteiger partial charge on any atom is 0.173 e. The highest BCUT2D eigenvalue weighted by Crippen LogP contribution is 2.31. The van der Waals surface area contributed by atoms with Gasteiger partial charge in [-0.05, 0) is 53.5 Å². The van der Waals surface area contributed by atoms with Gasteiger partial charge >= 0.3 is 0 Å². The minimum atomic E-state index is 0. The molecule has 3 aromatic rings. The highest BCUT2D eigenvalue weighted by Gasteiger charge is 2.33. The highest BCUT2D eigenvalue weighted by molar-refractivity contribution is 5.85. The van der Waals surface area contributed by atoms with Crippen LogP contribution in [0.5, 0.6) is 5.75 Å². The number of tetrazole rings is 1. The van der Waals surface area contributed by atoms with E-state index in [1.54, 1.807) is 7.11 Å². The van der Waals surface area contributed by atoms with E-state index in [2.05, 4.69) is 68.6 Å². The molecular weight excluding hydrogens is 448 g/mol. The maximum absolute atomic E-state index is 5.30. The molecular formula is C26H35ClN6O. The third-order valence-corrected chi connectivity index (χ3v) is 7.24. The van der Waals surface area contributed by atoms with Gasteiger partial charge in [-0.2, -0.15) is 0 Å². The number of benzene rings is 2. The van der Waals surface area contributed by atoms with Gasteiger partial charge in [-0.25, -0.2) is 4.68 Å². The Kier molecular flexibility index (Phi) is 8.19. The van der Waals surface area contributed by atoms with E-state index in [4.69, 9.17) is 4.74 Å². The molecule has 2 aliphatic rings. The molecule has 1 unspecified atom stereocenters. The van der Waals surface area contributed by atoms with Crippen molar-refractivity contribution in [3.63, 3.8) is 0 Å². The fourth-order valence-corrected chi connectivity index (χ4v) is 5.33. The van der Waals surface area contributed by atoms with Crippen LogP contribution in [0.1, 0.15) is 54.2 Å². The lowest BCUT2D eigenvalue weighted by molar-refractivity contribution is 0.0771. The zero-order chi connectivity index (χ0) is 22.6. The quantitative estimate of drug-likeness (QED) is 0.505. The number of ether oxygens (including phenoxy) is 1. The first-order chi connectivity index (χ1) is 16.2. The molecule has 182 valence electrons. The maximum atomic E-state index is 5.30. The number of hydrogen-bond acceptors (Lipinski definition) is 6. The van der Waals surface area contributed by atoms with Crippen LogP contribution in [-0.2, 0) is 6.54 Å². The fraction of sp³-hybridized carbons (Fsp3) is 0.500. The average Bonchev–Trinajstić information content (AvgIpc) is 3.55. The Hall–Kier alpha value is -2.48. The van der Waals surface area contributed by atoms with Crippen molar-refractivity contribution in [3.05, 3.63) is 71.0 Å². The van der Waals surface area contributed by atoms with Crippen LogP contribution in [-0.4, -0.2) is 69.3 Å². The van der Waals surface area contributed by atoms with Gasteiger partial charge in [0.05, 0.1) is 19.7 Å². The van der Waals surface area contributed by atoms with Gasteiger partial charge in [0, 0.05) is 32.2 Å². The summed E-state index contributed by atoms with van der Waals surface area (Å²) in [6, 6.07) is 17.8. The highest BCUT2D eigenvalue weighted by atomic mass is 35.5. The molecule has 2 fully saturated rings. The second-order valence-electron chi connectivity index (χ2n) is 9.37. The Bertz CT molecular complexity index is 1020. The van der Waals surface area contributed by atoms with Crippen LogP contribution in [0.15, 0.2) is 48.5 Å². The Morgan fingerprint density at radius 1 is 0.941 bits per heavy atom. The molecule has 0 amide bonds. The van der Waals surface area contributed by atoms with Crippen molar-refractivity contribution in [1.82, 2.24) is 30.0 Å². The molecule has 1 saturated heterocycles. The minimum Gasteiger partial charge on any atom is -0.497 e. The van der Waals surface area contributed by atoms with Crippen LogP contribution in [0.2, 0.25) is 0 Å². The van der Waals surface area contributed by atoms with Crippen molar-refractivity contribution in [2.45, 2.75) is 51.2 Å². The molecule has 1 aliphatic carbocycles. The van der Waals surface area contributed by atoms with Crippen LogP contribution in [0.4, 0.5) is 0 Å². The molecule has 2 heterocycles. The third-order valence-electron chi connectivity index (χ3n) is 7.24. The first-order valence-electron chi connectivity index (χ1n) is 12.1. The Labute approximate surface area is 208 Å². The normalized spacial score (nSPS) is 18.5. The zero-order valence-corrected chi connectivity index (χ0v) is 21.0. The molecule has 0 bridgehead atoms. The number of aryl methyl sites for hydroxylation is 1.